The number of carbonyl (C=O) groups excluding carboxylic acids is 1. The van der Waals surface area contributed by atoms with E-state index in [4.69, 9.17) is 4.84 Å². The van der Waals surface area contributed by atoms with Gasteiger partial charge in [-0.3, -0.25) is 4.79 Å². The molecular formula is C16H18FN3O2. The first-order valence-corrected chi connectivity index (χ1v) is 7.11. The van der Waals surface area contributed by atoms with Gasteiger partial charge in [0.15, 0.2) is 0 Å². The number of carbonyl (C=O) groups is 1. The van der Waals surface area contributed by atoms with Gasteiger partial charge in [-0.15, -0.1) is 0 Å². The normalized spacial score (nSPS) is 10.6. The number of hydrogen-bond acceptors (Lipinski definition) is 4. The fraction of sp³-hybridized carbons (Fsp3) is 0.312. The largest absolute Gasteiger partial charge is 0.372 e. The molecule has 2 rings (SSSR count). The number of halogens is 1. The van der Waals surface area contributed by atoms with Gasteiger partial charge in [-0.25, -0.2) is 9.97 Å². The highest BCUT2D eigenvalue weighted by atomic mass is 19.1. The Labute approximate surface area is 128 Å². The van der Waals surface area contributed by atoms with Gasteiger partial charge in [0, 0.05) is 11.5 Å². The molecule has 0 aliphatic heterocycles. The Morgan fingerprint density at radius 1 is 1.27 bits per heavy atom. The van der Waals surface area contributed by atoms with Gasteiger partial charge < -0.3 is 4.84 Å². The predicted molar refractivity (Wildman–Crippen MR) is 80.0 cm³/mol. The smallest absolute Gasteiger partial charge is 0.283 e. The maximum atomic E-state index is 14.1. The lowest BCUT2D eigenvalue weighted by molar-refractivity contribution is 0.0746. The summed E-state index contributed by atoms with van der Waals surface area (Å²) in [6.07, 6.45) is 0.468. The summed E-state index contributed by atoms with van der Waals surface area (Å²) in [6, 6.07) is 8.52. The average molecular weight is 303 g/mol. The lowest BCUT2D eigenvalue weighted by Gasteiger charge is -2.12. The fourth-order valence-corrected chi connectivity index (χ4v) is 1.83. The molecule has 1 N–H and O–H groups in total. The molecule has 0 bridgehead atoms. The fourth-order valence-electron chi connectivity index (χ4n) is 1.83. The molecule has 0 saturated heterocycles. The van der Waals surface area contributed by atoms with Crippen LogP contribution in [0.4, 0.5) is 4.39 Å². The van der Waals surface area contributed by atoms with Crippen molar-refractivity contribution in [1.82, 2.24) is 15.4 Å². The Morgan fingerprint density at radius 2 is 1.95 bits per heavy atom. The van der Waals surface area contributed by atoms with E-state index in [9.17, 15) is 9.18 Å². The van der Waals surface area contributed by atoms with Crippen LogP contribution in [0, 0.1) is 5.95 Å². The molecule has 1 aromatic carbocycles. The van der Waals surface area contributed by atoms with Crippen LogP contribution in [0.1, 0.15) is 48.6 Å². The van der Waals surface area contributed by atoms with Crippen molar-refractivity contribution in [2.75, 3.05) is 0 Å². The van der Waals surface area contributed by atoms with E-state index < -0.39 is 11.9 Å². The van der Waals surface area contributed by atoms with E-state index in [2.05, 4.69) is 15.4 Å². The molecule has 1 amide bonds. The summed E-state index contributed by atoms with van der Waals surface area (Å²) in [5, 5.41) is 0. The van der Waals surface area contributed by atoms with E-state index in [1.54, 1.807) is 30.3 Å². The zero-order valence-electron chi connectivity index (χ0n) is 12.8. The number of nitrogens with zero attached hydrogens (tertiary/aromatic N) is 2. The number of rotatable bonds is 5. The number of amides is 1. The van der Waals surface area contributed by atoms with Gasteiger partial charge in [-0.1, -0.05) is 39.0 Å². The van der Waals surface area contributed by atoms with Crippen LogP contribution in [0.25, 0.3) is 0 Å². The topological polar surface area (TPSA) is 64.1 Å². The van der Waals surface area contributed by atoms with Crippen LogP contribution in [0.2, 0.25) is 0 Å². The number of aromatic nitrogens is 2. The van der Waals surface area contributed by atoms with Gasteiger partial charge in [0.2, 0.25) is 5.75 Å². The molecule has 22 heavy (non-hydrogen) atoms. The first-order chi connectivity index (χ1) is 10.5. The van der Waals surface area contributed by atoms with Crippen molar-refractivity contribution in [3.63, 3.8) is 0 Å². The Hall–Kier alpha value is -2.50. The minimum Gasteiger partial charge on any atom is -0.372 e. The molecule has 0 aliphatic rings. The Morgan fingerprint density at radius 3 is 2.55 bits per heavy atom. The summed E-state index contributed by atoms with van der Waals surface area (Å²) in [5.74, 6) is -0.959. The van der Waals surface area contributed by atoms with E-state index in [0.29, 0.717) is 23.5 Å². The van der Waals surface area contributed by atoms with Crippen molar-refractivity contribution in [1.29, 1.82) is 0 Å². The highest BCUT2D eigenvalue weighted by Crippen LogP contribution is 2.22. The van der Waals surface area contributed by atoms with E-state index in [1.807, 2.05) is 20.8 Å². The second-order valence-electron chi connectivity index (χ2n) is 5.06. The molecular weight excluding hydrogens is 285 g/mol. The molecule has 0 fully saturated rings. The van der Waals surface area contributed by atoms with Gasteiger partial charge in [0.25, 0.3) is 11.9 Å². The molecule has 0 aliphatic carbocycles. The minimum absolute atomic E-state index is 0.00719. The summed E-state index contributed by atoms with van der Waals surface area (Å²) in [6.45, 7) is 5.59. The second-order valence-corrected chi connectivity index (χ2v) is 5.06. The molecule has 0 radical (unpaired) electrons. The molecule has 6 heteroatoms. The van der Waals surface area contributed by atoms with E-state index in [1.165, 1.54) is 0 Å². The Bertz CT molecular complexity index is 660. The molecule has 1 aromatic heterocycles. The Kier molecular flexibility index (Phi) is 5.04. The number of aryl methyl sites for hydroxylation is 1. The van der Waals surface area contributed by atoms with Gasteiger partial charge >= 0.3 is 0 Å². The summed E-state index contributed by atoms with van der Waals surface area (Å²) in [7, 11) is 0. The maximum Gasteiger partial charge on any atom is 0.283 e. The molecule has 0 spiro atoms. The SMILES string of the molecule is CCc1nc(C(C)C)nc(F)c1ONC(=O)c1ccccc1. The maximum absolute atomic E-state index is 14.1. The lowest BCUT2D eigenvalue weighted by atomic mass is 10.2. The standard InChI is InChI=1S/C16H18FN3O2/c1-4-12-13(14(17)19-15(18-12)10(2)3)22-20-16(21)11-8-6-5-7-9-11/h5-10H,4H2,1-3H3,(H,20,21). The first-order valence-electron chi connectivity index (χ1n) is 7.11. The van der Waals surface area contributed by atoms with Crippen LogP contribution in [0.15, 0.2) is 30.3 Å². The van der Waals surface area contributed by atoms with Gasteiger partial charge in [-0.2, -0.15) is 9.87 Å². The summed E-state index contributed by atoms with van der Waals surface area (Å²) in [5.41, 5.74) is 3.06. The molecule has 0 saturated carbocycles. The van der Waals surface area contributed by atoms with Gasteiger partial charge in [0.1, 0.15) is 5.82 Å². The zero-order valence-corrected chi connectivity index (χ0v) is 12.8. The molecule has 116 valence electrons. The highest BCUT2D eigenvalue weighted by molar-refractivity contribution is 5.93. The van der Waals surface area contributed by atoms with Crippen molar-refractivity contribution < 1.29 is 14.0 Å². The third kappa shape index (κ3) is 3.58. The number of hydroxylamine groups is 1. The van der Waals surface area contributed by atoms with Gasteiger partial charge in [0.05, 0.1) is 5.69 Å². The van der Waals surface area contributed by atoms with Crippen LogP contribution in [-0.4, -0.2) is 15.9 Å². The predicted octanol–water partition coefficient (Wildman–Crippen LogP) is 3.03. The molecule has 1 heterocycles. The summed E-state index contributed by atoms with van der Waals surface area (Å²) in [4.78, 5) is 25.1. The van der Waals surface area contributed by atoms with Crippen LogP contribution in [0.3, 0.4) is 0 Å². The third-order valence-corrected chi connectivity index (χ3v) is 3.04. The lowest BCUT2D eigenvalue weighted by Crippen LogP contribution is -2.28. The summed E-state index contributed by atoms with van der Waals surface area (Å²) < 4.78 is 14.1. The third-order valence-electron chi connectivity index (χ3n) is 3.04. The van der Waals surface area contributed by atoms with Crippen LogP contribution in [0.5, 0.6) is 5.75 Å². The van der Waals surface area contributed by atoms with Crippen LogP contribution < -0.4 is 10.3 Å². The molecule has 0 unspecified atom stereocenters. The molecule has 2 aromatic rings. The van der Waals surface area contributed by atoms with Crippen molar-refractivity contribution in [3.05, 3.63) is 53.4 Å². The first kappa shape index (κ1) is 15.9. The van der Waals surface area contributed by atoms with E-state index >= 15 is 0 Å². The van der Waals surface area contributed by atoms with Crippen molar-refractivity contribution in [2.45, 2.75) is 33.1 Å². The van der Waals surface area contributed by atoms with Crippen LogP contribution in [-0.2, 0) is 6.42 Å². The summed E-state index contributed by atoms with van der Waals surface area (Å²) >= 11 is 0. The zero-order chi connectivity index (χ0) is 16.1. The van der Waals surface area contributed by atoms with Crippen molar-refractivity contribution in [3.8, 4) is 5.75 Å². The number of nitrogens with one attached hydrogen (secondary N) is 1. The molecule has 0 atom stereocenters. The number of benzene rings is 1. The Balaban J connectivity index is 2.17. The monoisotopic (exact) mass is 303 g/mol. The van der Waals surface area contributed by atoms with Gasteiger partial charge in [-0.05, 0) is 18.6 Å². The van der Waals surface area contributed by atoms with Crippen molar-refractivity contribution in [2.24, 2.45) is 0 Å². The minimum atomic E-state index is -0.774. The van der Waals surface area contributed by atoms with Crippen LogP contribution >= 0.6 is 0 Å². The highest BCUT2D eigenvalue weighted by Gasteiger charge is 2.18. The number of hydrogen-bond donors (Lipinski definition) is 1. The van der Waals surface area contributed by atoms with Crippen molar-refractivity contribution >= 4 is 5.91 Å². The molecule has 5 nitrogen and oxygen atoms in total. The van der Waals surface area contributed by atoms with E-state index in [0.717, 1.165) is 0 Å². The second kappa shape index (κ2) is 6.98. The average Bonchev–Trinajstić information content (AvgIpc) is 2.53. The quantitative estimate of drug-likeness (QED) is 0.681. The van der Waals surface area contributed by atoms with E-state index in [-0.39, 0.29) is 11.7 Å².